The van der Waals surface area contributed by atoms with Crippen molar-refractivity contribution in [3.8, 4) is 0 Å². The number of hydrogen-bond acceptors (Lipinski definition) is 5. The summed E-state index contributed by atoms with van der Waals surface area (Å²) in [6.07, 6.45) is 0.594. The third-order valence-corrected chi connectivity index (χ3v) is 3.31. The molecule has 1 aliphatic rings. The van der Waals surface area contributed by atoms with Crippen LogP contribution < -0.4 is 11.1 Å². The maximum absolute atomic E-state index is 12.3. The number of amides is 2. The van der Waals surface area contributed by atoms with Crippen molar-refractivity contribution in [1.29, 1.82) is 0 Å². The number of carbonyl (C=O) groups is 2. The Morgan fingerprint density at radius 3 is 2.95 bits per heavy atom. The van der Waals surface area contributed by atoms with Gasteiger partial charge in [-0.15, -0.1) is 0 Å². The summed E-state index contributed by atoms with van der Waals surface area (Å²) in [5.74, 6) is 0.190. The van der Waals surface area contributed by atoms with E-state index in [4.69, 9.17) is 10.3 Å². The fraction of sp³-hybridized carbons (Fsp3) is 0.615. The summed E-state index contributed by atoms with van der Waals surface area (Å²) in [6, 6.07) is 1.07. The Labute approximate surface area is 117 Å². The molecule has 20 heavy (non-hydrogen) atoms. The van der Waals surface area contributed by atoms with Gasteiger partial charge < -0.3 is 20.5 Å². The largest absolute Gasteiger partial charge is 0.361 e. The molecule has 1 aromatic heterocycles. The Kier molecular flexibility index (Phi) is 4.39. The average Bonchev–Trinajstić information content (AvgIpc) is 2.96. The molecule has 1 aliphatic heterocycles. The molecule has 1 aromatic rings. The average molecular weight is 280 g/mol. The normalized spacial score (nSPS) is 22.1. The number of hydrogen-bond donors (Lipinski definition) is 2. The van der Waals surface area contributed by atoms with Crippen LogP contribution in [0.25, 0.3) is 0 Å². The second kappa shape index (κ2) is 6.04. The summed E-state index contributed by atoms with van der Waals surface area (Å²) in [5.41, 5.74) is 6.60. The molecule has 2 amide bonds. The molecular weight excluding hydrogens is 260 g/mol. The van der Waals surface area contributed by atoms with E-state index in [1.807, 2.05) is 6.92 Å². The zero-order chi connectivity index (χ0) is 14.7. The number of likely N-dealkylation sites (tertiary alicyclic amines) is 1. The predicted octanol–water partition coefficient (Wildman–Crippen LogP) is -0.410. The van der Waals surface area contributed by atoms with Crippen LogP contribution in [0, 0.1) is 6.92 Å². The van der Waals surface area contributed by atoms with Gasteiger partial charge in [0.05, 0.1) is 12.1 Å². The van der Waals surface area contributed by atoms with Crippen molar-refractivity contribution in [2.75, 3.05) is 13.1 Å². The quantitative estimate of drug-likeness (QED) is 0.780. The second-order valence-electron chi connectivity index (χ2n) is 5.06. The Hall–Kier alpha value is -1.89. The van der Waals surface area contributed by atoms with Gasteiger partial charge in [-0.2, -0.15) is 0 Å². The monoisotopic (exact) mass is 280 g/mol. The minimum Gasteiger partial charge on any atom is -0.361 e. The summed E-state index contributed by atoms with van der Waals surface area (Å²) in [6.45, 7) is 4.57. The predicted molar refractivity (Wildman–Crippen MR) is 71.7 cm³/mol. The molecule has 7 heteroatoms. The lowest BCUT2D eigenvalue weighted by molar-refractivity contribution is -0.138. The molecule has 3 N–H and O–H groups in total. The third kappa shape index (κ3) is 3.16. The fourth-order valence-electron chi connectivity index (χ4n) is 2.43. The Bertz CT molecular complexity index is 500. The maximum atomic E-state index is 12.3. The first kappa shape index (κ1) is 14.5. The van der Waals surface area contributed by atoms with Gasteiger partial charge >= 0.3 is 0 Å². The minimum atomic E-state index is -0.485. The summed E-state index contributed by atoms with van der Waals surface area (Å²) in [5, 5.41) is 6.48. The van der Waals surface area contributed by atoms with Crippen LogP contribution in [0.5, 0.6) is 0 Å². The molecule has 2 rings (SSSR count). The van der Waals surface area contributed by atoms with Gasteiger partial charge in [-0.1, -0.05) is 5.16 Å². The number of likely N-dealkylation sites (N-methyl/N-ethyl adjacent to an activating group) is 1. The third-order valence-electron chi connectivity index (χ3n) is 3.31. The van der Waals surface area contributed by atoms with Crippen molar-refractivity contribution in [2.45, 2.75) is 38.8 Å². The molecule has 0 aliphatic carbocycles. The molecule has 1 saturated heterocycles. The molecule has 1 fully saturated rings. The number of rotatable bonds is 4. The number of nitrogens with two attached hydrogens (primary N) is 1. The molecule has 0 bridgehead atoms. The molecule has 0 aromatic carbocycles. The first-order chi connectivity index (χ1) is 9.51. The Balaban J connectivity index is 2.04. The van der Waals surface area contributed by atoms with Crippen LogP contribution in [-0.2, 0) is 16.0 Å². The standard InChI is InChI=1S/C13H20N4O3/c1-3-15-13(19)11-5-9(14)7-17(11)12(18)6-10-4-8(2)16-20-10/h4,9,11H,3,5-7,14H2,1-2H3,(H,15,19)/t9-,11+/m1/s1. The van der Waals surface area contributed by atoms with E-state index in [-0.39, 0.29) is 24.3 Å². The highest BCUT2D eigenvalue weighted by atomic mass is 16.5. The first-order valence-corrected chi connectivity index (χ1v) is 6.76. The highest BCUT2D eigenvalue weighted by Crippen LogP contribution is 2.18. The van der Waals surface area contributed by atoms with Gasteiger partial charge in [-0.3, -0.25) is 9.59 Å². The molecule has 0 radical (unpaired) electrons. The smallest absolute Gasteiger partial charge is 0.242 e. The van der Waals surface area contributed by atoms with Crippen LogP contribution in [0.2, 0.25) is 0 Å². The van der Waals surface area contributed by atoms with E-state index in [9.17, 15) is 9.59 Å². The number of aromatic nitrogens is 1. The molecule has 2 atom stereocenters. The summed E-state index contributed by atoms with van der Waals surface area (Å²) >= 11 is 0. The second-order valence-corrected chi connectivity index (χ2v) is 5.06. The number of aryl methyl sites for hydroxylation is 1. The molecule has 110 valence electrons. The molecule has 0 saturated carbocycles. The van der Waals surface area contributed by atoms with Crippen LogP contribution in [0.4, 0.5) is 0 Å². The molecular formula is C13H20N4O3. The van der Waals surface area contributed by atoms with Gasteiger partial charge in [-0.25, -0.2) is 0 Å². The van der Waals surface area contributed by atoms with Crippen LogP contribution in [0.3, 0.4) is 0 Å². The Morgan fingerprint density at radius 2 is 2.35 bits per heavy atom. The lowest BCUT2D eigenvalue weighted by atomic mass is 10.1. The van der Waals surface area contributed by atoms with Crippen molar-refractivity contribution in [3.63, 3.8) is 0 Å². The van der Waals surface area contributed by atoms with Crippen molar-refractivity contribution in [1.82, 2.24) is 15.4 Å². The highest BCUT2D eigenvalue weighted by Gasteiger charge is 2.37. The zero-order valence-corrected chi connectivity index (χ0v) is 11.8. The number of nitrogens with one attached hydrogen (secondary N) is 1. The van der Waals surface area contributed by atoms with E-state index < -0.39 is 6.04 Å². The maximum Gasteiger partial charge on any atom is 0.242 e. The van der Waals surface area contributed by atoms with Crippen molar-refractivity contribution >= 4 is 11.8 Å². The van der Waals surface area contributed by atoms with Crippen LogP contribution in [0.15, 0.2) is 10.6 Å². The van der Waals surface area contributed by atoms with Crippen molar-refractivity contribution < 1.29 is 14.1 Å². The minimum absolute atomic E-state index is 0.101. The molecule has 0 unspecified atom stereocenters. The first-order valence-electron chi connectivity index (χ1n) is 6.76. The number of nitrogens with zero attached hydrogens (tertiary/aromatic N) is 2. The van der Waals surface area contributed by atoms with Gasteiger partial charge in [0.1, 0.15) is 11.8 Å². The van der Waals surface area contributed by atoms with Crippen LogP contribution in [0.1, 0.15) is 24.8 Å². The lowest BCUT2D eigenvalue weighted by Gasteiger charge is -2.23. The van der Waals surface area contributed by atoms with Gasteiger partial charge in [0.25, 0.3) is 0 Å². The van der Waals surface area contributed by atoms with Crippen LogP contribution >= 0.6 is 0 Å². The summed E-state index contributed by atoms with van der Waals surface area (Å²) in [7, 11) is 0. The van der Waals surface area contributed by atoms with Crippen molar-refractivity contribution in [3.05, 3.63) is 17.5 Å². The topological polar surface area (TPSA) is 101 Å². The van der Waals surface area contributed by atoms with E-state index >= 15 is 0 Å². The highest BCUT2D eigenvalue weighted by molar-refractivity contribution is 5.89. The van der Waals surface area contributed by atoms with Gasteiger partial charge in [0.2, 0.25) is 11.8 Å². The summed E-state index contributed by atoms with van der Waals surface area (Å²) in [4.78, 5) is 25.8. The van der Waals surface area contributed by atoms with E-state index in [0.717, 1.165) is 5.69 Å². The lowest BCUT2D eigenvalue weighted by Crippen LogP contribution is -2.46. The fourth-order valence-corrected chi connectivity index (χ4v) is 2.43. The van der Waals surface area contributed by atoms with Crippen LogP contribution in [-0.4, -0.2) is 47.0 Å². The van der Waals surface area contributed by atoms with Gasteiger partial charge in [0, 0.05) is 25.2 Å². The van der Waals surface area contributed by atoms with E-state index in [0.29, 0.717) is 25.3 Å². The molecule has 2 heterocycles. The number of carbonyl (C=O) groups excluding carboxylic acids is 2. The van der Waals surface area contributed by atoms with Gasteiger partial charge in [-0.05, 0) is 20.3 Å². The summed E-state index contributed by atoms with van der Waals surface area (Å²) < 4.78 is 5.04. The zero-order valence-electron chi connectivity index (χ0n) is 11.8. The molecule has 7 nitrogen and oxygen atoms in total. The SMILES string of the molecule is CCNC(=O)[C@@H]1C[C@@H](N)CN1C(=O)Cc1cc(C)no1. The van der Waals surface area contributed by atoms with Gasteiger partial charge in [0.15, 0.2) is 0 Å². The van der Waals surface area contributed by atoms with Crippen molar-refractivity contribution in [2.24, 2.45) is 5.73 Å². The van der Waals surface area contributed by atoms with E-state index in [1.165, 1.54) is 4.90 Å². The Morgan fingerprint density at radius 1 is 1.60 bits per heavy atom. The van der Waals surface area contributed by atoms with E-state index in [2.05, 4.69) is 10.5 Å². The molecule has 0 spiro atoms. The van der Waals surface area contributed by atoms with E-state index in [1.54, 1.807) is 13.0 Å².